The number of carbonyl (C=O) groups is 1. The van der Waals surface area contributed by atoms with Gasteiger partial charge >= 0.3 is 5.97 Å². The van der Waals surface area contributed by atoms with Crippen LogP contribution in [0.1, 0.15) is 25.5 Å². The van der Waals surface area contributed by atoms with Crippen LogP contribution in [0.15, 0.2) is 23.1 Å². The molecule has 3 nitrogen and oxygen atoms in total. The van der Waals surface area contributed by atoms with Crippen LogP contribution in [0, 0.1) is 0 Å². The fraction of sp³-hybridized carbons (Fsp3) is 0.364. The minimum atomic E-state index is -1.52. The molecule has 1 unspecified atom stereocenters. The first-order chi connectivity index (χ1) is 7.41. The number of rotatable bonds is 4. The van der Waals surface area contributed by atoms with E-state index in [4.69, 9.17) is 16.7 Å². The number of hydrogen-bond acceptors (Lipinski definition) is 3. The molecule has 0 saturated heterocycles. The van der Waals surface area contributed by atoms with Gasteiger partial charge < -0.3 is 10.2 Å². The van der Waals surface area contributed by atoms with Crippen LogP contribution in [-0.4, -0.2) is 21.4 Å². The molecule has 0 saturated carbocycles. The average Bonchev–Trinajstić information content (AvgIpc) is 2.19. The van der Waals surface area contributed by atoms with E-state index in [2.05, 4.69) is 0 Å². The minimum absolute atomic E-state index is 0.297. The van der Waals surface area contributed by atoms with E-state index < -0.39 is 12.1 Å². The fourth-order valence-corrected chi connectivity index (χ4v) is 2.33. The molecule has 0 heterocycles. The normalized spacial score (nSPS) is 12.8. The molecular formula is C11H13ClO3S. The monoisotopic (exact) mass is 260 g/mol. The predicted octanol–water partition coefficient (Wildman–Crippen LogP) is 2.96. The van der Waals surface area contributed by atoms with Crippen molar-refractivity contribution in [1.29, 1.82) is 0 Å². The highest BCUT2D eigenvalue weighted by Crippen LogP contribution is 2.32. The molecule has 0 aliphatic rings. The molecule has 0 aliphatic heterocycles. The van der Waals surface area contributed by atoms with Crippen LogP contribution in [0.3, 0.4) is 0 Å². The summed E-state index contributed by atoms with van der Waals surface area (Å²) in [5.41, 5.74) is 0.297. The topological polar surface area (TPSA) is 57.5 Å². The Bertz CT molecular complexity index is 393. The molecule has 0 bridgehead atoms. The van der Waals surface area contributed by atoms with Crippen molar-refractivity contribution in [2.24, 2.45) is 0 Å². The van der Waals surface area contributed by atoms with Crippen LogP contribution in [0.4, 0.5) is 0 Å². The lowest BCUT2D eigenvalue weighted by Gasteiger charge is -2.10. The quantitative estimate of drug-likeness (QED) is 0.818. The van der Waals surface area contributed by atoms with Gasteiger partial charge in [0.1, 0.15) is 0 Å². The lowest BCUT2D eigenvalue weighted by molar-refractivity contribution is -0.146. The summed E-state index contributed by atoms with van der Waals surface area (Å²) in [6.07, 6.45) is -1.52. The Morgan fingerprint density at radius 3 is 2.50 bits per heavy atom. The highest BCUT2D eigenvalue weighted by atomic mass is 35.5. The van der Waals surface area contributed by atoms with E-state index in [-0.39, 0.29) is 0 Å². The molecule has 16 heavy (non-hydrogen) atoms. The zero-order valence-electron chi connectivity index (χ0n) is 8.98. The first-order valence-corrected chi connectivity index (χ1v) is 6.04. The Morgan fingerprint density at radius 1 is 1.44 bits per heavy atom. The summed E-state index contributed by atoms with van der Waals surface area (Å²) in [6.45, 7) is 4.09. The molecule has 1 rings (SSSR count). The van der Waals surface area contributed by atoms with Crippen molar-refractivity contribution in [2.75, 3.05) is 0 Å². The summed E-state index contributed by atoms with van der Waals surface area (Å²) in [6, 6.07) is 4.80. The van der Waals surface area contributed by atoms with Gasteiger partial charge in [-0.25, -0.2) is 4.79 Å². The van der Waals surface area contributed by atoms with Crippen LogP contribution in [-0.2, 0) is 4.79 Å². The van der Waals surface area contributed by atoms with Gasteiger partial charge in [-0.05, 0) is 17.7 Å². The molecule has 5 heteroatoms. The molecule has 2 N–H and O–H groups in total. The van der Waals surface area contributed by atoms with E-state index in [9.17, 15) is 9.90 Å². The second-order valence-corrected chi connectivity index (χ2v) is 5.62. The second kappa shape index (κ2) is 5.57. The molecule has 0 spiro atoms. The molecule has 0 aliphatic carbocycles. The van der Waals surface area contributed by atoms with E-state index in [0.29, 0.717) is 15.8 Å². The lowest BCUT2D eigenvalue weighted by atomic mass is 10.1. The van der Waals surface area contributed by atoms with Crippen molar-refractivity contribution >= 4 is 29.3 Å². The van der Waals surface area contributed by atoms with Gasteiger partial charge in [0.05, 0.1) is 5.02 Å². The smallest absolute Gasteiger partial charge is 0.337 e. The predicted molar refractivity (Wildman–Crippen MR) is 65.0 cm³/mol. The van der Waals surface area contributed by atoms with E-state index in [1.54, 1.807) is 23.9 Å². The molecule has 0 amide bonds. The van der Waals surface area contributed by atoms with Gasteiger partial charge in [0, 0.05) is 10.1 Å². The first kappa shape index (κ1) is 13.4. The summed E-state index contributed by atoms with van der Waals surface area (Å²) in [4.78, 5) is 11.5. The SMILES string of the molecule is CC(C)Sc1ccc(C(O)C(=O)O)cc1Cl. The summed E-state index contributed by atoms with van der Waals surface area (Å²) in [5.74, 6) is -1.28. The number of halogens is 1. The summed E-state index contributed by atoms with van der Waals surface area (Å²) in [7, 11) is 0. The Hall–Kier alpha value is -0.710. The number of aliphatic carboxylic acids is 1. The van der Waals surface area contributed by atoms with E-state index in [1.165, 1.54) is 6.07 Å². The molecule has 88 valence electrons. The lowest BCUT2D eigenvalue weighted by Crippen LogP contribution is -2.10. The third kappa shape index (κ3) is 3.40. The fourth-order valence-electron chi connectivity index (χ4n) is 1.18. The second-order valence-electron chi connectivity index (χ2n) is 3.60. The maximum atomic E-state index is 10.6. The van der Waals surface area contributed by atoms with Gasteiger partial charge in [0.15, 0.2) is 6.10 Å². The van der Waals surface area contributed by atoms with Gasteiger partial charge in [-0.15, -0.1) is 11.8 Å². The minimum Gasteiger partial charge on any atom is -0.479 e. The number of benzene rings is 1. The number of hydrogen-bond donors (Lipinski definition) is 2. The first-order valence-electron chi connectivity index (χ1n) is 4.78. The molecule has 1 aromatic rings. The van der Waals surface area contributed by atoms with Crippen LogP contribution >= 0.6 is 23.4 Å². The van der Waals surface area contributed by atoms with E-state index in [0.717, 1.165) is 4.90 Å². The van der Waals surface area contributed by atoms with E-state index in [1.807, 2.05) is 13.8 Å². The summed E-state index contributed by atoms with van der Waals surface area (Å²) < 4.78 is 0. The van der Waals surface area contributed by atoms with Crippen molar-refractivity contribution in [2.45, 2.75) is 30.1 Å². The maximum Gasteiger partial charge on any atom is 0.337 e. The van der Waals surface area contributed by atoms with Gasteiger partial charge in [0.25, 0.3) is 0 Å². The molecule has 1 atom stereocenters. The van der Waals surface area contributed by atoms with Crippen LogP contribution < -0.4 is 0 Å². The van der Waals surface area contributed by atoms with Crippen LogP contribution in [0.5, 0.6) is 0 Å². The van der Waals surface area contributed by atoms with Gasteiger partial charge in [-0.3, -0.25) is 0 Å². The molecular weight excluding hydrogens is 248 g/mol. The zero-order chi connectivity index (χ0) is 12.3. The van der Waals surface area contributed by atoms with Crippen molar-refractivity contribution < 1.29 is 15.0 Å². The molecule has 0 aromatic heterocycles. The number of carboxylic acid groups (broad SMARTS) is 1. The van der Waals surface area contributed by atoms with Gasteiger partial charge in [0.2, 0.25) is 0 Å². The Kier molecular flexibility index (Phi) is 4.65. The largest absolute Gasteiger partial charge is 0.479 e. The van der Waals surface area contributed by atoms with Crippen LogP contribution in [0.2, 0.25) is 5.02 Å². The summed E-state index contributed by atoms with van der Waals surface area (Å²) in [5, 5.41) is 18.8. The van der Waals surface area contributed by atoms with Crippen molar-refractivity contribution in [3.05, 3.63) is 28.8 Å². The molecule has 0 fully saturated rings. The van der Waals surface area contributed by atoms with Crippen molar-refractivity contribution in [1.82, 2.24) is 0 Å². The third-order valence-corrected chi connectivity index (χ3v) is 3.37. The van der Waals surface area contributed by atoms with Gasteiger partial charge in [-0.2, -0.15) is 0 Å². The Morgan fingerprint density at radius 2 is 2.06 bits per heavy atom. The van der Waals surface area contributed by atoms with Crippen LogP contribution in [0.25, 0.3) is 0 Å². The number of thioether (sulfide) groups is 1. The highest BCUT2D eigenvalue weighted by molar-refractivity contribution is 8.00. The standard InChI is InChI=1S/C11H13ClO3S/c1-6(2)16-9-4-3-7(5-8(9)12)10(13)11(14)15/h3-6,10,13H,1-2H3,(H,14,15). The highest BCUT2D eigenvalue weighted by Gasteiger charge is 2.17. The Labute approximate surface area is 103 Å². The zero-order valence-corrected chi connectivity index (χ0v) is 10.5. The summed E-state index contributed by atoms with van der Waals surface area (Å²) >= 11 is 7.59. The van der Waals surface area contributed by atoms with E-state index >= 15 is 0 Å². The third-order valence-electron chi connectivity index (χ3n) is 1.87. The molecule has 1 aromatic carbocycles. The Balaban J connectivity index is 2.95. The maximum absolute atomic E-state index is 10.6. The average molecular weight is 261 g/mol. The number of carboxylic acids is 1. The molecule has 0 radical (unpaired) electrons. The van der Waals surface area contributed by atoms with Crippen molar-refractivity contribution in [3.63, 3.8) is 0 Å². The number of aliphatic hydroxyl groups is 1. The number of aliphatic hydroxyl groups excluding tert-OH is 1. The van der Waals surface area contributed by atoms with Gasteiger partial charge in [-0.1, -0.05) is 31.5 Å². The van der Waals surface area contributed by atoms with Crippen molar-refractivity contribution in [3.8, 4) is 0 Å².